The van der Waals surface area contributed by atoms with Gasteiger partial charge in [-0.05, 0) is 30.3 Å². The Morgan fingerprint density at radius 1 is 0.913 bits per heavy atom. The summed E-state index contributed by atoms with van der Waals surface area (Å²) in [5, 5.41) is 14.2. The lowest BCUT2D eigenvalue weighted by Crippen LogP contribution is -2.20. The standard InChI is InChI=1S/C16H16N2O5/c1-22-13-6-4-3-5-11(13)17-16(21)18-12-9-10(15(19)20)7-8-14(12)23-2/h3-9H,1-2H3,(H,19,20)(H2,17,18,21). The fourth-order valence-electron chi connectivity index (χ4n) is 1.96. The van der Waals surface area contributed by atoms with Crippen LogP contribution in [0.3, 0.4) is 0 Å². The number of carbonyl (C=O) groups excluding carboxylic acids is 1. The highest BCUT2D eigenvalue weighted by Crippen LogP contribution is 2.27. The van der Waals surface area contributed by atoms with Gasteiger partial charge < -0.3 is 25.2 Å². The number of carboxylic acids is 1. The van der Waals surface area contributed by atoms with Crippen LogP contribution in [0.15, 0.2) is 42.5 Å². The third kappa shape index (κ3) is 3.91. The van der Waals surface area contributed by atoms with Crippen molar-refractivity contribution in [3.63, 3.8) is 0 Å². The highest BCUT2D eigenvalue weighted by molar-refractivity contribution is 6.02. The predicted octanol–water partition coefficient (Wildman–Crippen LogP) is 3.05. The van der Waals surface area contributed by atoms with Crippen molar-refractivity contribution in [2.75, 3.05) is 24.9 Å². The highest BCUT2D eigenvalue weighted by Gasteiger charge is 2.13. The number of nitrogens with one attached hydrogen (secondary N) is 2. The van der Waals surface area contributed by atoms with Gasteiger partial charge in [-0.3, -0.25) is 0 Å². The molecule has 2 amide bonds. The van der Waals surface area contributed by atoms with Crippen LogP contribution in [0.2, 0.25) is 0 Å². The Kier molecular flexibility index (Phi) is 5.03. The summed E-state index contributed by atoms with van der Waals surface area (Å²) in [6.45, 7) is 0. The van der Waals surface area contributed by atoms with Crippen molar-refractivity contribution in [2.24, 2.45) is 0 Å². The Morgan fingerprint density at radius 3 is 2.17 bits per heavy atom. The molecule has 2 aromatic rings. The van der Waals surface area contributed by atoms with E-state index in [9.17, 15) is 9.59 Å². The number of ether oxygens (including phenoxy) is 2. The van der Waals surface area contributed by atoms with Crippen LogP contribution in [0.1, 0.15) is 10.4 Å². The van der Waals surface area contributed by atoms with Gasteiger partial charge in [-0.1, -0.05) is 12.1 Å². The number of urea groups is 1. The molecule has 7 nitrogen and oxygen atoms in total. The third-order valence-corrected chi connectivity index (χ3v) is 3.05. The number of amides is 2. The second kappa shape index (κ2) is 7.17. The molecule has 0 saturated carbocycles. The Morgan fingerprint density at radius 2 is 1.52 bits per heavy atom. The van der Waals surface area contributed by atoms with Gasteiger partial charge >= 0.3 is 12.0 Å². The molecular formula is C16H16N2O5. The van der Waals surface area contributed by atoms with Gasteiger partial charge in [0.2, 0.25) is 0 Å². The number of carbonyl (C=O) groups is 2. The summed E-state index contributed by atoms with van der Waals surface area (Å²) in [5.74, 6) is -0.236. The number of para-hydroxylation sites is 2. The molecule has 2 rings (SSSR count). The van der Waals surface area contributed by atoms with E-state index in [1.807, 2.05) is 0 Å². The maximum Gasteiger partial charge on any atom is 0.335 e. The van der Waals surface area contributed by atoms with Crippen molar-refractivity contribution in [3.05, 3.63) is 48.0 Å². The molecule has 0 aliphatic heterocycles. The molecule has 0 aliphatic rings. The Labute approximate surface area is 132 Å². The van der Waals surface area contributed by atoms with E-state index in [1.54, 1.807) is 24.3 Å². The van der Waals surface area contributed by atoms with Gasteiger partial charge in [0.05, 0.1) is 31.2 Å². The molecule has 0 atom stereocenters. The van der Waals surface area contributed by atoms with Gasteiger partial charge in [-0.25, -0.2) is 9.59 Å². The normalized spacial score (nSPS) is 9.83. The SMILES string of the molecule is COc1ccccc1NC(=O)Nc1cc(C(=O)O)ccc1OC. The van der Waals surface area contributed by atoms with Gasteiger partial charge in [0.1, 0.15) is 11.5 Å². The summed E-state index contributed by atoms with van der Waals surface area (Å²) in [4.78, 5) is 23.1. The quantitative estimate of drug-likeness (QED) is 0.787. The zero-order valence-corrected chi connectivity index (χ0v) is 12.6. The van der Waals surface area contributed by atoms with Crippen LogP contribution in [0.5, 0.6) is 11.5 Å². The Balaban J connectivity index is 2.19. The molecule has 0 aliphatic carbocycles. The number of hydrogen-bond donors (Lipinski definition) is 3. The van der Waals surface area contributed by atoms with E-state index in [-0.39, 0.29) is 11.3 Å². The largest absolute Gasteiger partial charge is 0.495 e. The van der Waals surface area contributed by atoms with Crippen molar-refractivity contribution in [3.8, 4) is 11.5 Å². The van der Waals surface area contributed by atoms with Crippen LogP contribution in [0.25, 0.3) is 0 Å². The third-order valence-electron chi connectivity index (χ3n) is 3.05. The maximum absolute atomic E-state index is 12.1. The monoisotopic (exact) mass is 316 g/mol. The topological polar surface area (TPSA) is 96.9 Å². The van der Waals surface area contributed by atoms with E-state index < -0.39 is 12.0 Å². The van der Waals surface area contributed by atoms with Crippen molar-refractivity contribution >= 4 is 23.4 Å². The predicted molar refractivity (Wildman–Crippen MR) is 85.6 cm³/mol. The molecule has 0 spiro atoms. The van der Waals surface area contributed by atoms with Crippen LogP contribution < -0.4 is 20.1 Å². The number of benzene rings is 2. The van der Waals surface area contributed by atoms with Gasteiger partial charge in [-0.2, -0.15) is 0 Å². The first-order valence-corrected chi connectivity index (χ1v) is 6.67. The summed E-state index contributed by atoms with van der Waals surface area (Å²) in [6, 6.07) is 10.6. The van der Waals surface area contributed by atoms with Crippen LogP contribution in [-0.4, -0.2) is 31.3 Å². The molecule has 0 bridgehead atoms. The van der Waals surface area contributed by atoms with Crippen LogP contribution in [0.4, 0.5) is 16.2 Å². The zero-order valence-electron chi connectivity index (χ0n) is 12.6. The number of anilines is 2. The molecule has 0 unspecified atom stereocenters. The first-order chi connectivity index (χ1) is 11.0. The highest BCUT2D eigenvalue weighted by atomic mass is 16.5. The molecule has 0 radical (unpaired) electrons. The number of methoxy groups -OCH3 is 2. The second-order valence-electron chi connectivity index (χ2n) is 4.50. The van der Waals surface area contributed by atoms with E-state index in [2.05, 4.69) is 10.6 Å². The van der Waals surface area contributed by atoms with Crippen LogP contribution >= 0.6 is 0 Å². The first-order valence-electron chi connectivity index (χ1n) is 6.67. The fraction of sp³-hybridized carbons (Fsp3) is 0.125. The molecule has 7 heteroatoms. The minimum atomic E-state index is -1.10. The summed E-state index contributed by atoms with van der Waals surface area (Å²) in [6.07, 6.45) is 0. The number of hydrogen-bond acceptors (Lipinski definition) is 4. The van der Waals surface area contributed by atoms with E-state index in [0.717, 1.165) is 0 Å². The van der Waals surface area contributed by atoms with Gasteiger partial charge in [0, 0.05) is 0 Å². The molecule has 3 N–H and O–H groups in total. The van der Waals surface area contributed by atoms with Gasteiger partial charge in [-0.15, -0.1) is 0 Å². The summed E-state index contributed by atoms with van der Waals surface area (Å²) in [5.41, 5.74) is 0.777. The van der Waals surface area contributed by atoms with Gasteiger partial charge in [0.15, 0.2) is 0 Å². The Bertz CT molecular complexity index is 730. The van der Waals surface area contributed by atoms with Crippen molar-refractivity contribution in [1.82, 2.24) is 0 Å². The fourth-order valence-corrected chi connectivity index (χ4v) is 1.96. The summed E-state index contributed by atoms with van der Waals surface area (Å²) in [7, 11) is 2.93. The average Bonchev–Trinajstić information content (AvgIpc) is 2.55. The smallest absolute Gasteiger partial charge is 0.335 e. The van der Waals surface area contributed by atoms with E-state index in [1.165, 1.54) is 32.4 Å². The molecule has 120 valence electrons. The van der Waals surface area contributed by atoms with E-state index >= 15 is 0 Å². The van der Waals surface area contributed by atoms with Crippen molar-refractivity contribution in [1.29, 1.82) is 0 Å². The molecule has 23 heavy (non-hydrogen) atoms. The lowest BCUT2D eigenvalue weighted by Gasteiger charge is -2.13. The minimum Gasteiger partial charge on any atom is -0.495 e. The number of carboxylic acid groups (broad SMARTS) is 1. The lowest BCUT2D eigenvalue weighted by atomic mass is 10.2. The van der Waals surface area contributed by atoms with E-state index in [0.29, 0.717) is 17.2 Å². The summed E-state index contributed by atoms with van der Waals surface area (Å²) >= 11 is 0. The molecule has 2 aromatic carbocycles. The van der Waals surface area contributed by atoms with E-state index in [4.69, 9.17) is 14.6 Å². The maximum atomic E-state index is 12.1. The molecular weight excluding hydrogens is 300 g/mol. The molecule has 0 heterocycles. The average molecular weight is 316 g/mol. The van der Waals surface area contributed by atoms with Crippen LogP contribution in [-0.2, 0) is 0 Å². The number of rotatable bonds is 5. The van der Waals surface area contributed by atoms with Crippen LogP contribution in [0, 0.1) is 0 Å². The van der Waals surface area contributed by atoms with Crippen molar-refractivity contribution < 1.29 is 24.2 Å². The minimum absolute atomic E-state index is 0.0402. The first kappa shape index (κ1) is 16.2. The van der Waals surface area contributed by atoms with Crippen molar-refractivity contribution in [2.45, 2.75) is 0 Å². The molecule has 0 fully saturated rings. The zero-order chi connectivity index (χ0) is 16.8. The molecule has 0 saturated heterocycles. The molecule has 0 aromatic heterocycles. The Hall–Kier alpha value is -3.22. The number of aromatic carboxylic acids is 1. The van der Waals surface area contributed by atoms with Gasteiger partial charge in [0.25, 0.3) is 0 Å². The second-order valence-corrected chi connectivity index (χ2v) is 4.50. The lowest BCUT2D eigenvalue weighted by molar-refractivity contribution is 0.0697. The summed E-state index contributed by atoms with van der Waals surface area (Å²) < 4.78 is 10.3.